The number of ether oxygens (including phenoxy) is 2. The lowest BCUT2D eigenvalue weighted by molar-refractivity contribution is -0.159. The molecule has 0 aromatic rings. The van der Waals surface area contributed by atoms with Crippen LogP contribution in [0.25, 0.3) is 0 Å². The van der Waals surface area contributed by atoms with Gasteiger partial charge in [0.15, 0.2) is 14.1 Å². The molecular formula is C21H36O3Si. The second-order valence-corrected chi connectivity index (χ2v) is 15.6. The number of rotatable bonds is 2. The molecular weight excluding hydrogens is 328 g/mol. The minimum atomic E-state index is -1.70. The smallest absolute Gasteiger partial charge is 0.192 e. The van der Waals surface area contributed by atoms with Crippen molar-refractivity contribution in [1.82, 2.24) is 0 Å². The Balaban J connectivity index is 1.52. The van der Waals surface area contributed by atoms with E-state index in [-0.39, 0.29) is 22.7 Å². The summed E-state index contributed by atoms with van der Waals surface area (Å²) in [6.45, 7) is 15.9. The van der Waals surface area contributed by atoms with E-state index in [0.717, 1.165) is 6.42 Å². The second kappa shape index (κ2) is 5.43. The van der Waals surface area contributed by atoms with Gasteiger partial charge in [-0.2, -0.15) is 0 Å². The minimum absolute atomic E-state index is 0.181. The molecule has 1 unspecified atom stereocenters. The van der Waals surface area contributed by atoms with E-state index in [1.165, 1.54) is 19.3 Å². The Labute approximate surface area is 154 Å². The first-order valence-corrected chi connectivity index (χ1v) is 13.1. The number of hydrogen-bond acceptors (Lipinski definition) is 3. The summed E-state index contributed by atoms with van der Waals surface area (Å²) in [6, 6.07) is 0. The van der Waals surface area contributed by atoms with Crippen molar-refractivity contribution in [2.45, 2.75) is 103 Å². The molecule has 4 heteroatoms. The molecule has 0 amide bonds. The third kappa shape index (κ3) is 2.79. The first kappa shape index (κ1) is 18.2. The van der Waals surface area contributed by atoms with Crippen LogP contribution >= 0.6 is 0 Å². The summed E-state index contributed by atoms with van der Waals surface area (Å²) in [5, 5.41) is 0.283. The molecule has 1 heterocycles. The molecule has 5 aliphatic rings. The van der Waals surface area contributed by atoms with Crippen LogP contribution in [-0.4, -0.2) is 32.4 Å². The molecule has 4 aliphatic carbocycles. The zero-order valence-electron chi connectivity index (χ0n) is 17.1. The predicted molar refractivity (Wildman–Crippen MR) is 103 cm³/mol. The molecule has 1 saturated heterocycles. The third-order valence-corrected chi connectivity index (χ3v) is 12.3. The van der Waals surface area contributed by atoms with Gasteiger partial charge in [0.1, 0.15) is 0 Å². The van der Waals surface area contributed by atoms with Crippen molar-refractivity contribution in [1.29, 1.82) is 0 Å². The maximum absolute atomic E-state index is 6.79. The lowest BCUT2D eigenvalue weighted by Gasteiger charge is -2.57. The van der Waals surface area contributed by atoms with Gasteiger partial charge in [0, 0.05) is 17.4 Å². The van der Waals surface area contributed by atoms with Crippen molar-refractivity contribution in [3.05, 3.63) is 12.2 Å². The fourth-order valence-electron chi connectivity index (χ4n) is 5.45. The first-order valence-electron chi connectivity index (χ1n) is 10.2. The Morgan fingerprint density at radius 2 is 1.84 bits per heavy atom. The van der Waals surface area contributed by atoms with Crippen LogP contribution in [0.3, 0.4) is 0 Å². The average Bonchev–Trinajstić information content (AvgIpc) is 2.82. The van der Waals surface area contributed by atoms with Gasteiger partial charge in [-0.25, -0.2) is 0 Å². The molecule has 0 radical (unpaired) electrons. The Morgan fingerprint density at radius 1 is 1.12 bits per heavy atom. The summed E-state index contributed by atoms with van der Waals surface area (Å²) in [7, 11) is -1.70. The summed E-state index contributed by atoms with van der Waals surface area (Å²) >= 11 is 0. The standard InChI is InChI=1S/C21H36O3Si/c1-19(2,3)25(6,7)24-16-9-11-21-10-8-14(12-15(21)13-16)17-18(21)23-20(4,5)22-17/h8,10,14-18H,9,11-13H2,1-7H3/t14-,15?,16-,17-,18-,21-/m0/s1. The fourth-order valence-corrected chi connectivity index (χ4v) is 6.85. The zero-order chi connectivity index (χ0) is 18.3. The van der Waals surface area contributed by atoms with Gasteiger partial charge in [0.25, 0.3) is 0 Å². The van der Waals surface area contributed by atoms with Crippen LogP contribution in [0, 0.1) is 17.3 Å². The van der Waals surface area contributed by atoms with E-state index in [2.05, 4.69) is 59.9 Å². The van der Waals surface area contributed by atoms with E-state index in [1.54, 1.807) is 0 Å². The van der Waals surface area contributed by atoms with Gasteiger partial charge in [0.2, 0.25) is 0 Å². The van der Waals surface area contributed by atoms with E-state index >= 15 is 0 Å². The van der Waals surface area contributed by atoms with Crippen LogP contribution in [0.2, 0.25) is 18.1 Å². The molecule has 2 saturated carbocycles. The van der Waals surface area contributed by atoms with Crippen molar-refractivity contribution in [3.63, 3.8) is 0 Å². The van der Waals surface area contributed by atoms with Crippen LogP contribution in [0.15, 0.2) is 12.2 Å². The van der Waals surface area contributed by atoms with E-state index in [9.17, 15) is 0 Å². The SMILES string of the molecule is CC1(C)O[C@H]2[C@H]3C=C[C@@]4(CC[C@H](O[Si](C)(C)C(C)(C)C)CC4C3)[C@H]2O1. The quantitative estimate of drug-likeness (QED) is 0.493. The van der Waals surface area contributed by atoms with Gasteiger partial charge < -0.3 is 13.9 Å². The predicted octanol–water partition coefficient (Wildman–Crippen LogP) is 5.27. The zero-order valence-corrected chi connectivity index (χ0v) is 18.1. The van der Waals surface area contributed by atoms with Crippen molar-refractivity contribution in [2.75, 3.05) is 0 Å². The summed E-state index contributed by atoms with van der Waals surface area (Å²) in [5.41, 5.74) is 0.181. The van der Waals surface area contributed by atoms with Gasteiger partial charge in [0.05, 0.1) is 12.2 Å². The lowest BCUT2D eigenvalue weighted by Crippen LogP contribution is -2.59. The minimum Gasteiger partial charge on any atom is -0.414 e. The van der Waals surface area contributed by atoms with Crippen LogP contribution in [-0.2, 0) is 13.9 Å². The van der Waals surface area contributed by atoms with Crippen LogP contribution in [0.5, 0.6) is 0 Å². The van der Waals surface area contributed by atoms with Gasteiger partial charge in [-0.1, -0.05) is 32.9 Å². The molecule has 6 atom stereocenters. The summed E-state index contributed by atoms with van der Waals surface area (Å²) in [5.74, 6) is 0.769. The molecule has 1 aliphatic heterocycles. The molecule has 0 aromatic heterocycles. The summed E-state index contributed by atoms with van der Waals surface area (Å²) in [4.78, 5) is 0. The molecule has 3 nitrogen and oxygen atoms in total. The Kier molecular flexibility index (Phi) is 3.96. The molecule has 3 fully saturated rings. The maximum atomic E-state index is 6.79. The van der Waals surface area contributed by atoms with Crippen molar-refractivity contribution >= 4 is 8.32 Å². The topological polar surface area (TPSA) is 27.7 Å². The highest BCUT2D eigenvalue weighted by molar-refractivity contribution is 6.74. The van der Waals surface area contributed by atoms with Gasteiger partial charge in [-0.05, 0) is 63.6 Å². The molecule has 1 spiro atoms. The summed E-state index contributed by atoms with van der Waals surface area (Å²) < 4.78 is 19.5. The van der Waals surface area contributed by atoms with E-state index in [4.69, 9.17) is 13.9 Å². The maximum Gasteiger partial charge on any atom is 0.192 e. The highest BCUT2D eigenvalue weighted by Gasteiger charge is 2.63. The van der Waals surface area contributed by atoms with Gasteiger partial charge >= 0.3 is 0 Å². The average molecular weight is 365 g/mol. The number of hydrogen-bond donors (Lipinski definition) is 0. The van der Waals surface area contributed by atoms with Crippen molar-refractivity contribution in [2.24, 2.45) is 17.3 Å². The monoisotopic (exact) mass is 364 g/mol. The Bertz CT molecular complexity index is 576. The fraction of sp³-hybridized carbons (Fsp3) is 0.905. The normalized spacial score (nSPS) is 45.3. The van der Waals surface area contributed by atoms with Gasteiger partial charge in [-0.3, -0.25) is 0 Å². The highest BCUT2D eigenvalue weighted by Crippen LogP contribution is 2.61. The van der Waals surface area contributed by atoms with Crippen LogP contribution < -0.4 is 0 Å². The largest absolute Gasteiger partial charge is 0.414 e. The molecule has 2 bridgehead atoms. The summed E-state index contributed by atoms with van der Waals surface area (Å²) in [6.07, 6.45) is 10.6. The highest BCUT2D eigenvalue weighted by atomic mass is 28.4. The molecule has 25 heavy (non-hydrogen) atoms. The third-order valence-electron chi connectivity index (χ3n) is 7.77. The Hall–Kier alpha value is -0.163. The van der Waals surface area contributed by atoms with Crippen LogP contribution in [0.1, 0.15) is 60.3 Å². The van der Waals surface area contributed by atoms with E-state index in [1.807, 2.05) is 0 Å². The lowest BCUT2D eigenvalue weighted by atomic mass is 9.51. The Morgan fingerprint density at radius 3 is 2.52 bits per heavy atom. The van der Waals surface area contributed by atoms with E-state index < -0.39 is 14.1 Å². The molecule has 5 rings (SSSR count). The van der Waals surface area contributed by atoms with E-state index in [0.29, 0.717) is 17.9 Å². The molecule has 0 aromatic carbocycles. The van der Waals surface area contributed by atoms with Gasteiger partial charge in [-0.15, -0.1) is 0 Å². The second-order valence-electron chi connectivity index (χ2n) is 10.9. The molecule has 142 valence electrons. The molecule has 0 N–H and O–H groups in total. The van der Waals surface area contributed by atoms with Crippen molar-refractivity contribution < 1.29 is 13.9 Å². The van der Waals surface area contributed by atoms with Crippen LogP contribution in [0.4, 0.5) is 0 Å². The van der Waals surface area contributed by atoms with Crippen molar-refractivity contribution in [3.8, 4) is 0 Å². The first-order chi connectivity index (χ1) is 11.4.